The molecule has 0 unspecified atom stereocenters. The molecule has 3 aromatic heterocycles. The Morgan fingerprint density at radius 1 is 1.31 bits per heavy atom. The molecule has 1 saturated carbocycles. The summed E-state index contributed by atoms with van der Waals surface area (Å²) >= 11 is 3.24. The summed E-state index contributed by atoms with van der Waals surface area (Å²) in [5.41, 5.74) is 1.60. The first-order chi connectivity index (χ1) is 15.6. The quantitative estimate of drug-likeness (QED) is 0.372. The summed E-state index contributed by atoms with van der Waals surface area (Å²) in [7, 11) is 0. The summed E-state index contributed by atoms with van der Waals surface area (Å²) < 4.78 is 1.42. The number of fused-ring (bicyclic) bond motifs is 1. The number of thiophene rings is 2. The molecule has 1 aliphatic heterocycles. The van der Waals surface area contributed by atoms with Crippen LogP contribution >= 0.6 is 22.7 Å². The van der Waals surface area contributed by atoms with Gasteiger partial charge in [0.2, 0.25) is 5.69 Å². The first-order valence-corrected chi connectivity index (χ1v) is 12.2. The number of hydrogen-bond acceptors (Lipinski definition) is 7. The number of carbonyl (C=O) groups is 1. The minimum Gasteiger partial charge on any atom is -0.265 e. The molecule has 0 saturated heterocycles. The van der Waals surface area contributed by atoms with E-state index < -0.39 is 10.8 Å². The average Bonchev–Trinajstić information content (AvgIpc) is 3.58. The van der Waals surface area contributed by atoms with Crippen molar-refractivity contribution in [3.8, 4) is 0 Å². The maximum absolute atomic E-state index is 13.6. The van der Waals surface area contributed by atoms with Gasteiger partial charge in [-0.05, 0) is 60.7 Å². The highest BCUT2D eigenvalue weighted by atomic mass is 32.1. The van der Waals surface area contributed by atoms with Gasteiger partial charge in [-0.2, -0.15) is 10.2 Å². The van der Waals surface area contributed by atoms with Crippen molar-refractivity contribution in [1.29, 1.82) is 0 Å². The van der Waals surface area contributed by atoms with Crippen molar-refractivity contribution in [3.05, 3.63) is 72.4 Å². The Labute approximate surface area is 192 Å². The Morgan fingerprint density at radius 2 is 2.12 bits per heavy atom. The normalized spacial score (nSPS) is 21.6. The molecule has 8 nitrogen and oxygen atoms in total. The van der Waals surface area contributed by atoms with Crippen molar-refractivity contribution in [2.45, 2.75) is 38.8 Å². The molecule has 164 valence electrons. The lowest BCUT2D eigenvalue weighted by molar-refractivity contribution is -0.385. The number of aryl methyl sites for hydroxylation is 1. The van der Waals surface area contributed by atoms with Crippen molar-refractivity contribution in [2.75, 3.05) is 0 Å². The molecule has 0 aromatic carbocycles. The van der Waals surface area contributed by atoms with E-state index in [1.807, 2.05) is 35.9 Å². The van der Waals surface area contributed by atoms with Gasteiger partial charge in [0.15, 0.2) is 0 Å². The lowest BCUT2D eigenvalue weighted by atomic mass is 9.79. The maximum atomic E-state index is 13.6. The van der Waals surface area contributed by atoms with Gasteiger partial charge >= 0.3 is 11.6 Å². The third-order valence-electron chi connectivity index (χ3n) is 5.87. The molecular formula is C22H21N5O3S2. The van der Waals surface area contributed by atoms with Gasteiger partial charge in [-0.15, -0.1) is 22.7 Å². The van der Waals surface area contributed by atoms with Gasteiger partial charge in [-0.3, -0.25) is 19.6 Å². The van der Waals surface area contributed by atoms with E-state index in [1.165, 1.54) is 15.9 Å². The van der Waals surface area contributed by atoms with Crippen LogP contribution in [-0.2, 0) is 6.54 Å². The number of aromatic nitrogens is 2. The lowest BCUT2D eigenvalue weighted by Crippen LogP contribution is -2.32. The molecule has 4 heterocycles. The molecule has 1 amide bonds. The fourth-order valence-electron chi connectivity index (χ4n) is 4.42. The number of amides is 1. The third kappa shape index (κ3) is 3.59. The Bertz CT molecular complexity index is 1210. The van der Waals surface area contributed by atoms with Gasteiger partial charge in [-0.25, -0.2) is 5.01 Å². The first-order valence-electron chi connectivity index (χ1n) is 10.5. The van der Waals surface area contributed by atoms with Gasteiger partial charge in [-0.1, -0.05) is 12.1 Å². The molecule has 2 aliphatic rings. The summed E-state index contributed by atoms with van der Waals surface area (Å²) in [6, 6.07) is 7.76. The smallest absolute Gasteiger partial charge is 0.265 e. The molecule has 1 fully saturated rings. The highest BCUT2D eigenvalue weighted by Gasteiger charge is 2.46. The number of allylic oxidation sites excluding steroid dienone is 1. The second-order valence-electron chi connectivity index (χ2n) is 7.75. The van der Waals surface area contributed by atoms with Crippen LogP contribution in [0.4, 0.5) is 5.69 Å². The van der Waals surface area contributed by atoms with Gasteiger partial charge in [0, 0.05) is 22.2 Å². The molecule has 0 N–H and O–H groups in total. The van der Waals surface area contributed by atoms with Crippen LogP contribution in [0.15, 0.2) is 51.9 Å². The standard InChI is InChI=1S/C22H21N5O3S2/c1-2-25-13-17(27(29)30)20(23-25)22(28)26-21(18-9-5-11-32-18)16-8-3-6-14(19(16)24-26)12-15-7-4-10-31-15/h4-5,7,9-13,16,21H,2-3,6,8H2,1H3/b14-12+/t16-,21-/m1/s1. The highest BCUT2D eigenvalue weighted by Crippen LogP contribution is 2.46. The van der Waals surface area contributed by atoms with Crippen molar-refractivity contribution in [3.63, 3.8) is 0 Å². The van der Waals surface area contributed by atoms with Gasteiger partial charge in [0.1, 0.15) is 6.20 Å². The lowest BCUT2D eigenvalue weighted by Gasteiger charge is -2.28. The summed E-state index contributed by atoms with van der Waals surface area (Å²) in [6.45, 7) is 2.26. The molecule has 1 aliphatic carbocycles. The van der Waals surface area contributed by atoms with Crippen LogP contribution in [0.25, 0.3) is 6.08 Å². The number of hydrazone groups is 1. The largest absolute Gasteiger partial charge is 0.320 e. The van der Waals surface area contributed by atoms with Crippen LogP contribution in [0.1, 0.15) is 52.5 Å². The fraction of sp³-hybridized carbons (Fsp3) is 0.318. The molecule has 5 rings (SSSR count). The Hall–Kier alpha value is -3.11. The van der Waals surface area contributed by atoms with Crippen LogP contribution in [0.3, 0.4) is 0 Å². The zero-order valence-corrected chi connectivity index (χ0v) is 19.0. The fourth-order valence-corrected chi connectivity index (χ4v) is 5.98. The van der Waals surface area contributed by atoms with Crippen LogP contribution in [0.5, 0.6) is 0 Å². The molecule has 0 radical (unpaired) electrons. The number of nitrogens with zero attached hydrogens (tertiary/aromatic N) is 5. The zero-order valence-electron chi connectivity index (χ0n) is 17.4. The van der Waals surface area contributed by atoms with E-state index in [9.17, 15) is 14.9 Å². The van der Waals surface area contributed by atoms with E-state index in [1.54, 1.807) is 22.7 Å². The summed E-state index contributed by atoms with van der Waals surface area (Å²) in [5.74, 6) is -0.468. The highest BCUT2D eigenvalue weighted by molar-refractivity contribution is 7.11. The predicted molar refractivity (Wildman–Crippen MR) is 125 cm³/mol. The summed E-state index contributed by atoms with van der Waals surface area (Å²) in [5, 5.41) is 26.1. The van der Waals surface area contributed by atoms with Gasteiger partial charge in [0.25, 0.3) is 0 Å². The summed E-state index contributed by atoms with van der Waals surface area (Å²) in [6.07, 6.45) is 6.29. The number of hydrogen-bond donors (Lipinski definition) is 0. The second-order valence-corrected chi connectivity index (χ2v) is 9.71. The van der Waals surface area contributed by atoms with Crippen molar-refractivity contribution >= 4 is 46.1 Å². The van der Waals surface area contributed by atoms with Crippen LogP contribution < -0.4 is 0 Å². The summed E-state index contributed by atoms with van der Waals surface area (Å²) in [4.78, 5) is 26.8. The molecule has 3 aromatic rings. The Morgan fingerprint density at radius 3 is 2.81 bits per heavy atom. The maximum Gasteiger partial charge on any atom is 0.320 e. The average molecular weight is 468 g/mol. The molecule has 2 atom stereocenters. The van der Waals surface area contributed by atoms with E-state index in [0.29, 0.717) is 6.54 Å². The van der Waals surface area contributed by atoms with Crippen LogP contribution in [0, 0.1) is 16.0 Å². The van der Waals surface area contributed by atoms with Crippen molar-refractivity contribution in [2.24, 2.45) is 11.0 Å². The monoisotopic (exact) mass is 467 g/mol. The molecule has 0 bridgehead atoms. The Balaban J connectivity index is 1.59. The molecular weight excluding hydrogens is 446 g/mol. The van der Waals surface area contributed by atoms with Crippen molar-refractivity contribution < 1.29 is 9.72 Å². The Kier molecular flexibility index (Phi) is 5.48. The number of carbonyl (C=O) groups excluding carboxylic acids is 1. The van der Waals surface area contributed by atoms with Gasteiger partial charge < -0.3 is 0 Å². The topological polar surface area (TPSA) is 93.6 Å². The van der Waals surface area contributed by atoms with Crippen LogP contribution in [0.2, 0.25) is 0 Å². The minimum atomic E-state index is -0.551. The van der Waals surface area contributed by atoms with E-state index in [4.69, 9.17) is 5.10 Å². The number of rotatable bonds is 5. The van der Waals surface area contributed by atoms with E-state index >= 15 is 0 Å². The van der Waals surface area contributed by atoms with Gasteiger partial charge in [0.05, 0.1) is 16.7 Å². The zero-order chi connectivity index (χ0) is 22.2. The molecule has 10 heteroatoms. The van der Waals surface area contributed by atoms with Crippen LogP contribution in [-0.4, -0.2) is 31.3 Å². The predicted octanol–water partition coefficient (Wildman–Crippen LogP) is 5.37. The van der Waals surface area contributed by atoms with E-state index in [2.05, 4.69) is 17.2 Å². The van der Waals surface area contributed by atoms with E-state index in [-0.39, 0.29) is 23.3 Å². The SMILES string of the molecule is CCn1cc([N+](=O)[O-])c(C(=O)N2N=C3/C(=C/c4cccs4)CCC[C@H]3[C@@H]2c2cccs2)n1. The molecule has 0 spiro atoms. The minimum absolute atomic E-state index is 0.0601. The number of nitro groups is 1. The van der Waals surface area contributed by atoms with Crippen molar-refractivity contribution in [1.82, 2.24) is 14.8 Å². The first kappa shape index (κ1) is 20.8. The molecule has 32 heavy (non-hydrogen) atoms. The third-order valence-corrected chi connectivity index (χ3v) is 7.63. The van der Waals surface area contributed by atoms with E-state index in [0.717, 1.165) is 40.3 Å². The second kappa shape index (κ2) is 8.44.